The Hall–Kier alpha value is -4.70. The van der Waals surface area contributed by atoms with Crippen LogP contribution in [-0.4, -0.2) is 56.3 Å². The maximum atomic E-state index is 14.2. The van der Waals surface area contributed by atoms with Crippen molar-refractivity contribution in [2.75, 3.05) is 30.4 Å². The van der Waals surface area contributed by atoms with Crippen LogP contribution in [0.4, 0.5) is 39.7 Å². The fourth-order valence-corrected chi connectivity index (χ4v) is 5.08. The predicted octanol–water partition coefficient (Wildman–Crippen LogP) is 5.87. The standard InChI is InChI=1S/C27H23ClF4N6O5S/c1-15-34-9-8-24(36-15)37-44(40,41)17-5-7-25(35-13-17)38(26(39)33-2)21-12-19(28)18(11-23(21)42-3)16-4-6-20(29)22(10-16)43-14-27(30,31)32/h4-13H,14H2,1-3H3,(H,33,39)(H,34,36,37). The first kappa shape index (κ1) is 32.2. The summed E-state index contributed by atoms with van der Waals surface area (Å²) >= 11 is 6.54. The molecular weight excluding hydrogens is 632 g/mol. The highest BCUT2D eigenvalue weighted by Gasteiger charge is 2.29. The molecule has 0 spiro atoms. The summed E-state index contributed by atoms with van der Waals surface area (Å²) in [6.45, 7) is -0.105. The predicted molar refractivity (Wildman–Crippen MR) is 153 cm³/mol. The molecule has 0 atom stereocenters. The Morgan fingerprint density at radius 1 is 1.07 bits per heavy atom. The lowest BCUT2D eigenvalue weighted by atomic mass is 10.0. The average molecular weight is 655 g/mol. The Morgan fingerprint density at radius 3 is 2.43 bits per heavy atom. The Morgan fingerprint density at radius 2 is 1.82 bits per heavy atom. The van der Waals surface area contributed by atoms with Crippen LogP contribution in [0.1, 0.15) is 5.82 Å². The molecular formula is C27H23ClF4N6O5S. The number of nitrogens with zero attached hydrogens (tertiary/aromatic N) is 4. The Labute approximate surface area is 253 Å². The minimum atomic E-state index is -4.68. The molecule has 2 aromatic heterocycles. The highest BCUT2D eigenvalue weighted by molar-refractivity contribution is 7.92. The number of hydrogen-bond acceptors (Lipinski definition) is 8. The van der Waals surface area contributed by atoms with Gasteiger partial charge in [0, 0.05) is 25.0 Å². The monoisotopic (exact) mass is 654 g/mol. The number of rotatable bonds is 9. The molecule has 2 aromatic carbocycles. The number of hydrogen-bond donors (Lipinski definition) is 2. The minimum Gasteiger partial charge on any atom is -0.495 e. The highest BCUT2D eigenvalue weighted by Crippen LogP contribution is 2.42. The number of carbonyl (C=O) groups is 1. The molecule has 0 radical (unpaired) electrons. The molecule has 2 heterocycles. The van der Waals surface area contributed by atoms with Crippen molar-refractivity contribution in [3.8, 4) is 22.6 Å². The number of sulfonamides is 1. The van der Waals surface area contributed by atoms with Crippen LogP contribution in [0.2, 0.25) is 5.02 Å². The third kappa shape index (κ3) is 7.44. The van der Waals surface area contributed by atoms with E-state index in [2.05, 4.69) is 29.7 Å². The molecule has 0 aliphatic heterocycles. The van der Waals surface area contributed by atoms with E-state index in [1.165, 1.54) is 56.8 Å². The first-order chi connectivity index (χ1) is 20.7. The van der Waals surface area contributed by atoms with E-state index in [1.54, 1.807) is 6.92 Å². The fraction of sp³-hybridized carbons (Fsp3) is 0.185. The van der Waals surface area contributed by atoms with Crippen molar-refractivity contribution in [1.29, 1.82) is 0 Å². The summed E-state index contributed by atoms with van der Waals surface area (Å²) in [7, 11) is -1.46. The number of halogens is 5. The van der Waals surface area contributed by atoms with Gasteiger partial charge in [-0.25, -0.2) is 37.5 Å². The lowest BCUT2D eigenvalue weighted by molar-refractivity contribution is -0.153. The summed E-state index contributed by atoms with van der Waals surface area (Å²) in [4.78, 5) is 25.9. The number of carbonyl (C=O) groups excluding carboxylic acids is 1. The van der Waals surface area contributed by atoms with Gasteiger partial charge in [0.05, 0.1) is 17.8 Å². The second-order valence-corrected chi connectivity index (χ2v) is 11.0. The van der Waals surface area contributed by atoms with E-state index < -0.39 is 40.4 Å². The molecule has 0 aliphatic rings. The summed E-state index contributed by atoms with van der Waals surface area (Å²) in [6, 6.07) is 9.15. The van der Waals surface area contributed by atoms with E-state index in [9.17, 15) is 30.8 Å². The van der Waals surface area contributed by atoms with Gasteiger partial charge < -0.3 is 14.8 Å². The van der Waals surface area contributed by atoms with Gasteiger partial charge in [0.15, 0.2) is 18.2 Å². The molecule has 2 N–H and O–H groups in total. The van der Waals surface area contributed by atoms with Gasteiger partial charge in [0.2, 0.25) is 0 Å². The van der Waals surface area contributed by atoms with E-state index in [-0.39, 0.29) is 44.1 Å². The van der Waals surface area contributed by atoms with Crippen LogP contribution >= 0.6 is 11.6 Å². The van der Waals surface area contributed by atoms with Crippen LogP contribution in [0.5, 0.6) is 11.5 Å². The molecule has 0 saturated carbocycles. The first-order valence-electron chi connectivity index (χ1n) is 12.4. The van der Waals surface area contributed by atoms with Gasteiger partial charge in [-0.15, -0.1) is 0 Å². The molecule has 17 heteroatoms. The summed E-state index contributed by atoms with van der Waals surface area (Å²) < 4.78 is 90.2. The van der Waals surface area contributed by atoms with Crippen LogP contribution in [0.15, 0.2) is 65.8 Å². The smallest absolute Gasteiger partial charge is 0.422 e. The minimum absolute atomic E-state index is 0.00613. The molecule has 2 amide bonds. The topological polar surface area (TPSA) is 136 Å². The maximum absolute atomic E-state index is 14.2. The Bertz CT molecular complexity index is 1790. The van der Waals surface area contributed by atoms with Crippen molar-refractivity contribution in [3.63, 3.8) is 0 Å². The van der Waals surface area contributed by atoms with Crippen molar-refractivity contribution < 1.29 is 40.2 Å². The van der Waals surface area contributed by atoms with Gasteiger partial charge in [0.1, 0.15) is 28.1 Å². The van der Waals surface area contributed by atoms with E-state index in [0.29, 0.717) is 5.82 Å². The number of methoxy groups -OCH3 is 1. The number of benzene rings is 2. The number of aromatic nitrogens is 3. The third-order valence-electron chi connectivity index (χ3n) is 5.84. The van der Waals surface area contributed by atoms with Crippen LogP contribution in [0.25, 0.3) is 11.1 Å². The van der Waals surface area contributed by atoms with Gasteiger partial charge in [-0.2, -0.15) is 13.2 Å². The SMILES string of the molecule is CNC(=O)N(c1ccc(S(=O)(=O)Nc2ccnc(C)n2)cn1)c1cc(Cl)c(-c2ccc(F)c(OCC(F)(F)F)c2)cc1OC. The van der Waals surface area contributed by atoms with Gasteiger partial charge in [-0.3, -0.25) is 4.72 Å². The van der Waals surface area contributed by atoms with Crippen LogP contribution in [0, 0.1) is 12.7 Å². The molecule has 4 rings (SSSR count). The molecule has 0 fully saturated rings. The zero-order valence-corrected chi connectivity index (χ0v) is 24.7. The average Bonchev–Trinajstić information content (AvgIpc) is 2.96. The number of anilines is 3. The third-order valence-corrected chi connectivity index (χ3v) is 7.49. The van der Waals surface area contributed by atoms with Crippen LogP contribution < -0.4 is 24.4 Å². The molecule has 44 heavy (non-hydrogen) atoms. The summed E-state index contributed by atoms with van der Waals surface area (Å²) in [5.74, 6) is -1.21. The lowest BCUT2D eigenvalue weighted by Gasteiger charge is -2.24. The normalized spacial score (nSPS) is 11.5. The highest BCUT2D eigenvalue weighted by atomic mass is 35.5. The zero-order chi connectivity index (χ0) is 32.2. The van der Waals surface area contributed by atoms with Crippen molar-refractivity contribution in [1.82, 2.24) is 20.3 Å². The quantitative estimate of drug-likeness (QED) is 0.214. The number of nitrogens with one attached hydrogen (secondary N) is 2. The first-order valence-corrected chi connectivity index (χ1v) is 14.3. The number of pyridine rings is 1. The molecule has 0 bridgehead atoms. The molecule has 0 aliphatic carbocycles. The van der Waals surface area contributed by atoms with Gasteiger partial charge in [-0.1, -0.05) is 17.7 Å². The summed E-state index contributed by atoms with van der Waals surface area (Å²) in [5, 5.41) is 2.46. The van der Waals surface area contributed by atoms with Crippen molar-refractivity contribution in [3.05, 3.63) is 77.6 Å². The lowest BCUT2D eigenvalue weighted by Crippen LogP contribution is -2.35. The number of amides is 2. The number of alkyl halides is 3. The molecule has 4 aromatic rings. The molecule has 11 nitrogen and oxygen atoms in total. The fourth-order valence-electron chi connectivity index (χ4n) is 3.87. The second-order valence-electron chi connectivity index (χ2n) is 8.89. The Kier molecular flexibility index (Phi) is 9.44. The Balaban J connectivity index is 1.70. The van der Waals surface area contributed by atoms with Gasteiger partial charge in [0.25, 0.3) is 10.0 Å². The molecule has 0 saturated heterocycles. The second kappa shape index (κ2) is 12.9. The number of urea groups is 1. The summed E-state index contributed by atoms with van der Waals surface area (Å²) in [5.41, 5.74) is 0.499. The van der Waals surface area contributed by atoms with Gasteiger partial charge >= 0.3 is 12.2 Å². The van der Waals surface area contributed by atoms with Gasteiger partial charge in [-0.05, 0) is 55.0 Å². The molecule has 0 unspecified atom stereocenters. The molecule has 232 valence electrons. The van der Waals surface area contributed by atoms with Crippen molar-refractivity contribution in [2.24, 2.45) is 0 Å². The van der Waals surface area contributed by atoms with Crippen molar-refractivity contribution in [2.45, 2.75) is 18.0 Å². The van der Waals surface area contributed by atoms with E-state index in [1.807, 2.05) is 0 Å². The van der Waals surface area contributed by atoms with E-state index in [4.69, 9.17) is 16.3 Å². The zero-order valence-electron chi connectivity index (χ0n) is 23.1. The van der Waals surface area contributed by atoms with Crippen LogP contribution in [-0.2, 0) is 10.0 Å². The largest absolute Gasteiger partial charge is 0.495 e. The van der Waals surface area contributed by atoms with E-state index in [0.717, 1.165) is 23.2 Å². The summed E-state index contributed by atoms with van der Waals surface area (Å²) in [6.07, 6.45) is -2.26. The van der Waals surface area contributed by atoms with E-state index >= 15 is 0 Å². The number of ether oxygens (including phenoxy) is 2. The number of aryl methyl sites for hydroxylation is 1. The van der Waals surface area contributed by atoms with Crippen LogP contribution in [0.3, 0.4) is 0 Å². The van der Waals surface area contributed by atoms with Crippen molar-refractivity contribution >= 4 is 45.0 Å². The maximum Gasteiger partial charge on any atom is 0.422 e.